The standard InChI is InChI=1S/C34H55O7P/c1-8-10-12-13-14-16-18-31(41-42(37,38)40-25(5)6)34(36)39-32-23-27(17-15-11-9-2)22-30(35)33(32)29-21-26(7)19-20-28(29)24(3)4/h21-23,25,28-29,31,35H,3,8-20H2,1-2,4-7H3,(H,37,38)/t28-,29+,31?/m0/s1. The number of hydrogen-bond donors (Lipinski definition) is 2. The Balaban J connectivity index is 2.45. The number of aromatic hydroxyl groups is 1. The third-order valence-electron chi connectivity index (χ3n) is 7.86. The highest BCUT2D eigenvalue weighted by Gasteiger charge is 2.35. The van der Waals surface area contributed by atoms with Gasteiger partial charge in [-0.2, -0.15) is 0 Å². The summed E-state index contributed by atoms with van der Waals surface area (Å²) in [6.45, 7) is 15.8. The zero-order chi connectivity index (χ0) is 31.3. The molecule has 0 amide bonds. The number of rotatable bonds is 19. The number of benzene rings is 1. The molecule has 0 spiro atoms. The Bertz CT molecular complexity index is 1090. The molecule has 2 unspecified atom stereocenters. The normalized spacial score (nSPS) is 19.3. The van der Waals surface area contributed by atoms with Crippen LogP contribution in [0.2, 0.25) is 0 Å². The van der Waals surface area contributed by atoms with E-state index in [1.807, 2.05) is 13.0 Å². The molecule has 238 valence electrons. The first-order chi connectivity index (χ1) is 19.9. The van der Waals surface area contributed by atoms with Gasteiger partial charge >= 0.3 is 13.8 Å². The van der Waals surface area contributed by atoms with Crippen molar-refractivity contribution in [3.8, 4) is 11.5 Å². The summed E-state index contributed by atoms with van der Waals surface area (Å²) >= 11 is 0. The molecule has 1 aromatic rings. The summed E-state index contributed by atoms with van der Waals surface area (Å²) in [5.74, 6) is -0.550. The van der Waals surface area contributed by atoms with Crippen LogP contribution in [0.1, 0.15) is 136 Å². The average molecular weight is 607 g/mol. The van der Waals surface area contributed by atoms with E-state index in [1.165, 1.54) is 5.57 Å². The number of unbranched alkanes of at least 4 members (excludes halogenated alkanes) is 7. The Morgan fingerprint density at radius 3 is 2.33 bits per heavy atom. The van der Waals surface area contributed by atoms with E-state index in [4.69, 9.17) is 13.8 Å². The molecule has 2 N–H and O–H groups in total. The Labute approximate surface area is 254 Å². The summed E-state index contributed by atoms with van der Waals surface area (Å²) in [4.78, 5) is 24.1. The molecule has 42 heavy (non-hydrogen) atoms. The second-order valence-electron chi connectivity index (χ2n) is 12.2. The maximum atomic E-state index is 13.7. The highest BCUT2D eigenvalue weighted by atomic mass is 31.2. The summed E-state index contributed by atoms with van der Waals surface area (Å²) in [6, 6.07) is 3.61. The lowest BCUT2D eigenvalue weighted by Gasteiger charge is -2.32. The zero-order valence-electron chi connectivity index (χ0n) is 26.8. The van der Waals surface area contributed by atoms with Gasteiger partial charge < -0.3 is 14.7 Å². The number of carbonyl (C=O) groups excluding carboxylic acids is 1. The van der Waals surface area contributed by atoms with E-state index >= 15 is 0 Å². The maximum absolute atomic E-state index is 13.7. The van der Waals surface area contributed by atoms with Crippen molar-refractivity contribution in [2.75, 3.05) is 0 Å². The number of hydrogen-bond acceptors (Lipinski definition) is 6. The minimum absolute atomic E-state index is 0.0789. The molecule has 0 saturated carbocycles. The van der Waals surface area contributed by atoms with Crippen LogP contribution in [0.4, 0.5) is 0 Å². The average Bonchev–Trinajstić information content (AvgIpc) is 2.89. The van der Waals surface area contributed by atoms with Crippen molar-refractivity contribution in [3.05, 3.63) is 47.1 Å². The van der Waals surface area contributed by atoms with Gasteiger partial charge in [-0.3, -0.25) is 9.05 Å². The lowest BCUT2D eigenvalue weighted by Crippen LogP contribution is -2.29. The molecule has 0 fully saturated rings. The number of carbonyl (C=O) groups is 1. The number of allylic oxidation sites excluding steroid dienone is 3. The fourth-order valence-corrected chi connectivity index (χ4v) is 6.76. The first-order valence-electron chi connectivity index (χ1n) is 16.0. The van der Waals surface area contributed by atoms with Gasteiger partial charge in [0.1, 0.15) is 11.5 Å². The van der Waals surface area contributed by atoms with Crippen molar-refractivity contribution < 1.29 is 33.1 Å². The van der Waals surface area contributed by atoms with Gasteiger partial charge in [0.2, 0.25) is 0 Å². The van der Waals surface area contributed by atoms with Crippen molar-refractivity contribution in [2.45, 2.75) is 143 Å². The van der Waals surface area contributed by atoms with E-state index in [1.54, 1.807) is 19.9 Å². The Kier molecular flexibility index (Phi) is 15.6. The van der Waals surface area contributed by atoms with Gasteiger partial charge in [-0.05, 0) is 83.4 Å². The smallest absolute Gasteiger partial charge is 0.473 e. The minimum atomic E-state index is -4.51. The lowest BCUT2D eigenvalue weighted by atomic mass is 9.73. The van der Waals surface area contributed by atoms with Gasteiger partial charge in [0.25, 0.3) is 0 Å². The van der Waals surface area contributed by atoms with Crippen LogP contribution >= 0.6 is 7.82 Å². The summed E-state index contributed by atoms with van der Waals surface area (Å²) in [6.07, 6.45) is 12.1. The van der Waals surface area contributed by atoms with E-state index in [-0.39, 0.29) is 29.8 Å². The second kappa shape index (κ2) is 18.0. The number of phosphoric acid groups is 1. The monoisotopic (exact) mass is 606 g/mol. The van der Waals surface area contributed by atoms with E-state index in [0.717, 1.165) is 81.8 Å². The zero-order valence-corrected chi connectivity index (χ0v) is 27.7. The van der Waals surface area contributed by atoms with Crippen LogP contribution in [0.5, 0.6) is 11.5 Å². The Morgan fingerprint density at radius 1 is 1.05 bits per heavy atom. The van der Waals surface area contributed by atoms with Crippen LogP contribution < -0.4 is 4.74 Å². The lowest BCUT2D eigenvalue weighted by molar-refractivity contribution is -0.143. The predicted octanol–water partition coefficient (Wildman–Crippen LogP) is 9.71. The van der Waals surface area contributed by atoms with Crippen molar-refractivity contribution >= 4 is 13.8 Å². The quantitative estimate of drug-likeness (QED) is 0.0531. The van der Waals surface area contributed by atoms with Crippen LogP contribution in [-0.4, -0.2) is 28.2 Å². The first-order valence-corrected chi connectivity index (χ1v) is 17.5. The molecule has 0 saturated heterocycles. The topological polar surface area (TPSA) is 102 Å². The van der Waals surface area contributed by atoms with Gasteiger partial charge in [-0.15, -0.1) is 0 Å². The number of aryl methyl sites for hydroxylation is 1. The van der Waals surface area contributed by atoms with Gasteiger partial charge in [-0.25, -0.2) is 9.36 Å². The molecule has 0 aliphatic heterocycles. The molecule has 1 aliphatic rings. The van der Waals surface area contributed by atoms with Crippen LogP contribution in [0.25, 0.3) is 0 Å². The molecule has 0 aromatic heterocycles. The Hall–Kier alpha value is -1.92. The largest absolute Gasteiger partial charge is 0.507 e. The molecule has 7 nitrogen and oxygen atoms in total. The van der Waals surface area contributed by atoms with Crippen molar-refractivity contribution in [2.24, 2.45) is 5.92 Å². The third kappa shape index (κ3) is 12.0. The molecule has 0 heterocycles. The molecule has 0 radical (unpaired) electrons. The van der Waals surface area contributed by atoms with Crippen molar-refractivity contribution in [3.63, 3.8) is 0 Å². The highest BCUT2D eigenvalue weighted by Crippen LogP contribution is 2.49. The molecule has 1 aliphatic carbocycles. The van der Waals surface area contributed by atoms with Gasteiger partial charge in [0.05, 0.1) is 6.10 Å². The summed E-state index contributed by atoms with van der Waals surface area (Å²) in [7, 11) is -4.51. The molecule has 1 aromatic carbocycles. The third-order valence-corrected chi connectivity index (χ3v) is 9.07. The van der Waals surface area contributed by atoms with Gasteiger partial charge in [0.15, 0.2) is 6.10 Å². The fourth-order valence-electron chi connectivity index (χ4n) is 5.67. The second-order valence-corrected chi connectivity index (χ2v) is 13.6. The summed E-state index contributed by atoms with van der Waals surface area (Å²) in [5, 5.41) is 11.4. The van der Waals surface area contributed by atoms with Crippen LogP contribution in [0, 0.1) is 5.92 Å². The van der Waals surface area contributed by atoms with E-state index in [0.29, 0.717) is 12.0 Å². The van der Waals surface area contributed by atoms with Gasteiger partial charge in [-0.1, -0.05) is 89.0 Å². The first kappa shape index (κ1) is 36.3. The van der Waals surface area contributed by atoms with E-state index < -0.39 is 26.0 Å². The summed E-state index contributed by atoms with van der Waals surface area (Å²) < 4.78 is 29.3. The summed E-state index contributed by atoms with van der Waals surface area (Å²) in [5.41, 5.74) is 3.63. The number of phenols is 1. The Morgan fingerprint density at radius 2 is 1.69 bits per heavy atom. The van der Waals surface area contributed by atoms with Crippen LogP contribution in [0.3, 0.4) is 0 Å². The van der Waals surface area contributed by atoms with Crippen molar-refractivity contribution in [1.29, 1.82) is 0 Å². The number of ether oxygens (including phenoxy) is 1. The number of phenolic OH excluding ortho intramolecular Hbond substituents is 1. The van der Waals surface area contributed by atoms with Crippen LogP contribution in [0.15, 0.2) is 35.9 Å². The fraction of sp³-hybridized carbons (Fsp3) is 0.676. The molecular formula is C34H55O7P. The minimum Gasteiger partial charge on any atom is -0.507 e. The van der Waals surface area contributed by atoms with Gasteiger partial charge in [0, 0.05) is 11.5 Å². The molecular weight excluding hydrogens is 551 g/mol. The SMILES string of the molecule is C=C(C)[C@@H]1CCC(C)=C[C@H]1c1c(O)cc(CCCCC)cc1OC(=O)C(CCCCCCCC)OP(=O)(O)OC(C)C. The van der Waals surface area contributed by atoms with Crippen molar-refractivity contribution in [1.82, 2.24) is 0 Å². The molecule has 0 bridgehead atoms. The molecule has 4 atom stereocenters. The van der Waals surface area contributed by atoms with Crippen LogP contribution in [-0.2, 0) is 24.8 Å². The number of phosphoric ester groups is 1. The van der Waals surface area contributed by atoms with E-state index in [9.17, 15) is 19.4 Å². The maximum Gasteiger partial charge on any atom is 0.473 e. The van der Waals surface area contributed by atoms with E-state index in [2.05, 4.69) is 33.4 Å². The molecule has 2 rings (SSSR count). The highest BCUT2D eigenvalue weighted by molar-refractivity contribution is 7.47. The number of esters is 1. The predicted molar refractivity (Wildman–Crippen MR) is 170 cm³/mol. The molecule has 8 heteroatoms.